The molecule has 0 aromatic heterocycles. The summed E-state index contributed by atoms with van der Waals surface area (Å²) in [5, 5.41) is 6.05. The number of thioether (sulfide) groups is 1. The molecule has 0 saturated carbocycles. The third-order valence-corrected chi connectivity index (χ3v) is 4.32. The van der Waals surface area contributed by atoms with Gasteiger partial charge < -0.3 is 14.9 Å². The number of allylic oxidation sites excluding steroid dienone is 8. The van der Waals surface area contributed by atoms with Crippen molar-refractivity contribution < 1.29 is 24.0 Å². The molecule has 0 unspecified atom stereocenters. The van der Waals surface area contributed by atoms with Crippen LogP contribution in [-0.4, -0.2) is 37.2 Å². The summed E-state index contributed by atoms with van der Waals surface area (Å²) >= 11 is 1.51. The predicted molar refractivity (Wildman–Crippen MR) is 122 cm³/mol. The van der Waals surface area contributed by atoms with Crippen molar-refractivity contribution in [3.8, 4) is 0 Å². The van der Waals surface area contributed by atoms with Crippen LogP contribution in [0, 0.1) is 0 Å². The van der Waals surface area contributed by atoms with Crippen LogP contribution in [-0.2, 0) is 19.2 Å². The highest BCUT2D eigenvalue weighted by Crippen LogP contribution is 2.27. The standard InChI is InChI=1S/C22H28N2O5S/c1-6-9-12-18(8-3)30-19(11-7-2)13-10-14-21(26)20(24-29-17(4)25)15-16-23-22(27)28-5/h6-13H,1-2,14-16H2,3-5H3,(H,23,27)/b12-9-,13-10-,18-8+,19-11+,24-20+. The summed E-state index contributed by atoms with van der Waals surface area (Å²) in [6.07, 6.45) is 13.9. The Morgan fingerprint density at radius 3 is 2.43 bits per heavy atom. The van der Waals surface area contributed by atoms with Crippen LogP contribution in [0.3, 0.4) is 0 Å². The lowest BCUT2D eigenvalue weighted by Crippen LogP contribution is -2.27. The fourth-order valence-electron chi connectivity index (χ4n) is 1.84. The van der Waals surface area contributed by atoms with E-state index in [1.54, 1.807) is 24.3 Å². The Balaban J connectivity index is 5.13. The highest BCUT2D eigenvalue weighted by Gasteiger charge is 2.13. The maximum absolute atomic E-state index is 12.5. The second-order valence-corrected chi connectivity index (χ2v) is 6.66. The van der Waals surface area contributed by atoms with E-state index in [4.69, 9.17) is 0 Å². The van der Waals surface area contributed by atoms with Crippen molar-refractivity contribution >= 4 is 35.3 Å². The quantitative estimate of drug-likeness (QED) is 0.198. The Kier molecular flexibility index (Phi) is 15.0. The highest BCUT2D eigenvalue weighted by atomic mass is 32.2. The number of ether oxygens (including phenoxy) is 1. The molecule has 0 aromatic carbocycles. The first-order valence-corrected chi connectivity index (χ1v) is 9.91. The van der Waals surface area contributed by atoms with Gasteiger partial charge in [0.05, 0.1) is 7.11 Å². The number of Topliss-reactive ketones (excluding diaryl/α,β-unsaturated/α-hetero) is 1. The van der Waals surface area contributed by atoms with Gasteiger partial charge in [0.1, 0.15) is 5.71 Å². The normalized spacial score (nSPS) is 12.7. The monoisotopic (exact) mass is 432 g/mol. The fourth-order valence-corrected chi connectivity index (χ4v) is 2.70. The number of nitrogens with zero attached hydrogens (tertiary/aromatic N) is 1. The molecule has 30 heavy (non-hydrogen) atoms. The van der Waals surface area contributed by atoms with Gasteiger partial charge in [0.15, 0.2) is 5.78 Å². The molecule has 1 N–H and O–H groups in total. The Morgan fingerprint density at radius 2 is 1.87 bits per heavy atom. The number of carbonyl (C=O) groups excluding carboxylic acids is 3. The lowest BCUT2D eigenvalue weighted by atomic mass is 10.1. The van der Waals surface area contributed by atoms with Gasteiger partial charge in [-0.05, 0) is 19.1 Å². The van der Waals surface area contributed by atoms with Crippen molar-refractivity contribution in [2.45, 2.75) is 26.7 Å². The van der Waals surface area contributed by atoms with Crippen LogP contribution in [0.5, 0.6) is 0 Å². The van der Waals surface area contributed by atoms with Crippen LogP contribution in [0.25, 0.3) is 0 Å². The zero-order valence-corrected chi connectivity index (χ0v) is 18.4. The molecular weight excluding hydrogens is 404 g/mol. The van der Waals surface area contributed by atoms with Gasteiger partial charge in [0.2, 0.25) is 0 Å². The molecule has 7 nitrogen and oxygen atoms in total. The van der Waals surface area contributed by atoms with Crippen molar-refractivity contribution in [2.24, 2.45) is 5.16 Å². The number of alkyl carbamates (subject to hydrolysis) is 1. The smallest absolute Gasteiger partial charge is 0.406 e. The Labute approximate surface area is 181 Å². The molecule has 0 rings (SSSR count). The molecule has 0 aliphatic rings. The first-order valence-electron chi connectivity index (χ1n) is 9.09. The number of ketones is 1. The van der Waals surface area contributed by atoms with E-state index in [9.17, 15) is 14.4 Å². The predicted octanol–water partition coefficient (Wildman–Crippen LogP) is 4.62. The number of hydrogen-bond donors (Lipinski definition) is 1. The van der Waals surface area contributed by atoms with Gasteiger partial charge in [-0.15, -0.1) is 0 Å². The van der Waals surface area contributed by atoms with Gasteiger partial charge in [-0.3, -0.25) is 4.79 Å². The molecule has 0 radical (unpaired) electrons. The second-order valence-electron chi connectivity index (χ2n) is 5.51. The fraction of sp³-hybridized carbons (Fsp3) is 0.273. The molecule has 0 aliphatic carbocycles. The number of oxime groups is 1. The summed E-state index contributed by atoms with van der Waals surface area (Å²) in [5.41, 5.74) is 0.0382. The van der Waals surface area contributed by atoms with Crippen molar-refractivity contribution in [3.05, 3.63) is 71.6 Å². The number of nitrogens with one attached hydrogen (secondary N) is 1. The zero-order chi connectivity index (χ0) is 22.8. The minimum Gasteiger partial charge on any atom is -0.453 e. The maximum atomic E-state index is 12.5. The van der Waals surface area contributed by atoms with Gasteiger partial charge in [0, 0.05) is 36.1 Å². The first kappa shape index (κ1) is 26.9. The minimum absolute atomic E-state index is 0.0382. The molecule has 0 aromatic rings. The topological polar surface area (TPSA) is 94.1 Å². The molecular formula is C22H28N2O5S. The zero-order valence-electron chi connectivity index (χ0n) is 17.6. The van der Waals surface area contributed by atoms with Crippen LogP contribution >= 0.6 is 11.8 Å². The molecule has 8 heteroatoms. The van der Waals surface area contributed by atoms with E-state index >= 15 is 0 Å². The highest BCUT2D eigenvalue weighted by molar-refractivity contribution is 8.07. The van der Waals surface area contributed by atoms with Crippen LogP contribution in [0.2, 0.25) is 0 Å². The molecule has 0 spiro atoms. The maximum Gasteiger partial charge on any atom is 0.406 e. The minimum atomic E-state index is -0.643. The number of rotatable bonds is 13. The third-order valence-electron chi connectivity index (χ3n) is 3.21. The molecule has 1 amide bonds. The number of amides is 1. The summed E-state index contributed by atoms with van der Waals surface area (Å²) in [4.78, 5) is 41.1. The van der Waals surface area contributed by atoms with Gasteiger partial charge >= 0.3 is 12.1 Å². The molecule has 0 heterocycles. The first-order chi connectivity index (χ1) is 14.4. The summed E-state index contributed by atoms with van der Waals surface area (Å²) in [7, 11) is 1.23. The van der Waals surface area contributed by atoms with Crippen molar-refractivity contribution in [2.75, 3.05) is 13.7 Å². The molecule has 0 bridgehead atoms. The van der Waals surface area contributed by atoms with E-state index in [0.29, 0.717) is 0 Å². The molecule has 162 valence electrons. The summed E-state index contributed by atoms with van der Waals surface area (Å²) in [6.45, 7) is 10.6. The third kappa shape index (κ3) is 13.1. The molecule has 0 aliphatic heterocycles. The average Bonchev–Trinajstić information content (AvgIpc) is 2.72. The van der Waals surface area contributed by atoms with E-state index in [0.717, 1.165) is 9.81 Å². The largest absolute Gasteiger partial charge is 0.453 e. The van der Waals surface area contributed by atoms with E-state index in [-0.39, 0.29) is 30.9 Å². The number of hydrogen-bond acceptors (Lipinski definition) is 7. The van der Waals surface area contributed by atoms with Crippen molar-refractivity contribution in [1.29, 1.82) is 0 Å². The lowest BCUT2D eigenvalue weighted by Gasteiger charge is -2.06. The van der Waals surface area contributed by atoms with E-state index in [1.165, 1.54) is 25.8 Å². The summed E-state index contributed by atoms with van der Waals surface area (Å²) < 4.78 is 4.47. The van der Waals surface area contributed by atoms with E-state index in [1.807, 2.05) is 31.2 Å². The van der Waals surface area contributed by atoms with Crippen molar-refractivity contribution in [1.82, 2.24) is 5.32 Å². The second kappa shape index (κ2) is 16.8. The lowest BCUT2D eigenvalue weighted by molar-refractivity contribution is -0.141. The molecule has 0 atom stereocenters. The van der Waals surface area contributed by atoms with Gasteiger partial charge in [-0.25, -0.2) is 9.59 Å². The van der Waals surface area contributed by atoms with Gasteiger partial charge in [-0.2, -0.15) is 0 Å². The van der Waals surface area contributed by atoms with Crippen LogP contribution in [0.4, 0.5) is 4.79 Å². The van der Waals surface area contributed by atoms with E-state index in [2.05, 4.69) is 33.2 Å². The summed E-state index contributed by atoms with van der Waals surface area (Å²) in [6, 6.07) is 0. The molecule has 0 saturated heterocycles. The Bertz CT molecular complexity index is 776. The van der Waals surface area contributed by atoms with E-state index < -0.39 is 12.1 Å². The number of carbonyl (C=O) groups is 3. The SMILES string of the molecule is C=C/C=C\C(=C/C)SC(/C=C\CC(=O)/C(CCNC(=O)OC)=N/OC(C)=O)=C/C=C. The van der Waals surface area contributed by atoms with Crippen LogP contribution < -0.4 is 5.32 Å². The average molecular weight is 433 g/mol. The van der Waals surface area contributed by atoms with Crippen molar-refractivity contribution in [3.63, 3.8) is 0 Å². The Hall–Kier alpha value is -3.13. The van der Waals surface area contributed by atoms with Gasteiger partial charge in [-0.1, -0.05) is 66.5 Å². The van der Waals surface area contributed by atoms with Crippen LogP contribution in [0.1, 0.15) is 26.7 Å². The number of methoxy groups -OCH3 is 1. The van der Waals surface area contributed by atoms with Crippen LogP contribution in [0.15, 0.2) is 76.7 Å². The Morgan fingerprint density at radius 1 is 1.13 bits per heavy atom. The summed E-state index contributed by atoms with van der Waals surface area (Å²) in [5.74, 6) is -0.976. The molecule has 0 fully saturated rings. The van der Waals surface area contributed by atoms with Gasteiger partial charge in [0.25, 0.3) is 0 Å².